The third-order valence-electron chi connectivity index (χ3n) is 3.88. The summed E-state index contributed by atoms with van der Waals surface area (Å²) >= 11 is 0. The van der Waals surface area contributed by atoms with E-state index in [2.05, 4.69) is 20.4 Å². The molecule has 4 atom stereocenters. The number of imidazole rings is 1. The van der Waals surface area contributed by atoms with Crippen molar-refractivity contribution in [3.8, 4) is 0 Å². The van der Waals surface area contributed by atoms with Crippen molar-refractivity contribution in [3.05, 3.63) is 18.0 Å². The van der Waals surface area contributed by atoms with Crippen LogP contribution in [0.1, 0.15) is 11.8 Å². The molecule has 3 heterocycles. The standard InChI is InChI=1S/C12H14F3N5O3/c1-16-9-10-17-2-5(20(10)19-11(15)18-9)7-6(14)8(22)12(3-13,4-21)23-7/h2,6-8,21-22H,3-4H2,1H3,(H,16,18,19)/t6-,7-,8-,12+/m0/s1. The average Bonchev–Trinajstić information content (AvgIpc) is 3.07. The third-order valence-corrected chi connectivity index (χ3v) is 3.88. The molecule has 1 fully saturated rings. The van der Waals surface area contributed by atoms with E-state index in [4.69, 9.17) is 4.74 Å². The third kappa shape index (κ3) is 2.23. The molecule has 1 saturated heterocycles. The van der Waals surface area contributed by atoms with Crippen molar-refractivity contribution < 1.29 is 28.1 Å². The van der Waals surface area contributed by atoms with Gasteiger partial charge >= 0.3 is 6.08 Å². The van der Waals surface area contributed by atoms with Gasteiger partial charge in [0, 0.05) is 7.05 Å². The van der Waals surface area contributed by atoms with Crippen LogP contribution in [0.5, 0.6) is 0 Å². The van der Waals surface area contributed by atoms with E-state index in [-0.39, 0.29) is 17.2 Å². The van der Waals surface area contributed by atoms with Gasteiger partial charge in [0.05, 0.1) is 18.5 Å². The molecular formula is C12H14F3N5O3. The van der Waals surface area contributed by atoms with E-state index in [0.717, 1.165) is 4.52 Å². The number of hydrogen-bond acceptors (Lipinski definition) is 7. The first-order chi connectivity index (χ1) is 11.0. The first kappa shape index (κ1) is 15.9. The second-order valence-corrected chi connectivity index (χ2v) is 5.18. The van der Waals surface area contributed by atoms with Crippen molar-refractivity contribution in [2.24, 2.45) is 0 Å². The SMILES string of the molecule is CNc1nc(F)nn2c([C@@H]3O[C@@](CO)(CF)[C@@H](O)[C@H]3F)cnc12. The van der Waals surface area contributed by atoms with Gasteiger partial charge in [-0.25, -0.2) is 18.3 Å². The van der Waals surface area contributed by atoms with Crippen LogP contribution in [-0.4, -0.2) is 68.0 Å². The molecule has 0 saturated carbocycles. The monoisotopic (exact) mass is 333 g/mol. The molecule has 0 amide bonds. The van der Waals surface area contributed by atoms with E-state index < -0.39 is 43.3 Å². The summed E-state index contributed by atoms with van der Waals surface area (Å²) in [4.78, 5) is 7.46. The Bertz CT molecular complexity index is 723. The minimum absolute atomic E-state index is 0.0341. The van der Waals surface area contributed by atoms with Crippen molar-refractivity contribution >= 4 is 11.5 Å². The van der Waals surface area contributed by atoms with Crippen LogP contribution in [0.25, 0.3) is 5.65 Å². The number of ether oxygens (including phenoxy) is 1. The summed E-state index contributed by atoms with van der Waals surface area (Å²) in [6, 6.07) is 0. The van der Waals surface area contributed by atoms with Gasteiger partial charge in [0.15, 0.2) is 17.6 Å². The van der Waals surface area contributed by atoms with Gasteiger partial charge in [0.1, 0.15) is 24.5 Å². The minimum Gasteiger partial charge on any atom is -0.393 e. The van der Waals surface area contributed by atoms with Crippen molar-refractivity contribution in [2.75, 3.05) is 25.6 Å². The van der Waals surface area contributed by atoms with Gasteiger partial charge in [0.25, 0.3) is 0 Å². The fourth-order valence-electron chi connectivity index (χ4n) is 2.58. The summed E-state index contributed by atoms with van der Waals surface area (Å²) in [5.74, 6) is 0.0663. The summed E-state index contributed by atoms with van der Waals surface area (Å²) in [6.07, 6.45) is -5.33. The predicted molar refractivity (Wildman–Crippen MR) is 70.8 cm³/mol. The maximum absolute atomic E-state index is 14.4. The average molecular weight is 333 g/mol. The van der Waals surface area contributed by atoms with E-state index >= 15 is 0 Å². The number of nitrogens with one attached hydrogen (secondary N) is 1. The molecule has 0 spiro atoms. The topological polar surface area (TPSA) is 105 Å². The highest BCUT2D eigenvalue weighted by Gasteiger charge is 2.56. The predicted octanol–water partition coefficient (Wildman–Crippen LogP) is -0.224. The molecule has 1 aliphatic rings. The lowest BCUT2D eigenvalue weighted by molar-refractivity contribution is -0.123. The highest BCUT2D eigenvalue weighted by Crippen LogP contribution is 2.42. The molecule has 2 aromatic rings. The summed E-state index contributed by atoms with van der Waals surface area (Å²) in [6.45, 7) is -2.20. The zero-order valence-corrected chi connectivity index (χ0v) is 11.9. The lowest BCUT2D eigenvalue weighted by Crippen LogP contribution is -2.47. The molecule has 3 N–H and O–H groups in total. The molecule has 23 heavy (non-hydrogen) atoms. The normalized spacial score (nSPS) is 31.0. The zero-order chi connectivity index (χ0) is 16.8. The second kappa shape index (κ2) is 5.58. The Labute approximate surface area is 127 Å². The molecule has 1 aliphatic heterocycles. The Kier molecular flexibility index (Phi) is 3.86. The first-order valence-electron chi connectivity index (χ1n) is 6.73. The lowest BCUT2D eigenvalue weighted by atomic mass is 9.97. The summed E-state index contributed by atoms with van der Waals surface area (Å²) in [7, 11) is 1.49. The van der Waals surface area contributed by atoms with Crippen molar-refractivity contribution in [1.29, 1.82) is 0 Å². The number of alkyl halides is 2. The van der Waals surface area contributed by atoms with Gasteiger partial charge in [-0.1, -0.05) is 0 Å². The number of hydrogen-bond donors (Lipinski definition) is 3. The number of aliphatic hydroxyl groups excluding tert-OH is 2. The maximum atomic E-state index is 14.4. The fourth-order valence-corrected chi connectivity index (χ4v) is 2.58. The molecular weight excluding hydrogens is 319 g/mol. The molecule has 126 valence electrons. The molecule has 11 heteroatoms. The van der Waals surface area contributed by atoms with Gasteiger partial charge in [-0.2, -0.15) is 9.37 Å². The van der Waals surface area contributed by atoms with Crippen LogP contribution in [0.15, 0.2) is 6.20 Å². The van der Waals surface area contributed by atoms with Gasteiger partial charge < -0.3 is 20.3 Å². The largest absolute Gasteiger partial charge is 0.393 e. The van der Waals surface area contributed by atoms with E-state index in [1.165, 1.54) is 13.2 Å². The van der Waals surface area contributed by atoms with Crippen LogP contribution in [0.3, 0.4) is 0 Å². The van der Waals surface area contributed by atoms with Crippen LogP contribution in [0.4, 0.5) is 19.0 Å². The fraction of sp³-hybridized carbons (Fsp3) is 0.583. The van der Waals surface area contributed by atoms with Gasteiger partial charge in [-0.15, -0.1) is 5.10 Å². The quantitative estimate of drug-likeness (QED) is 0.710. The number of halogens is 3. The van der Waals surface area contributed by atoms with E-state index in [1.807, 2.05) is 0 Å². The van der Waals surface area contributed by atoms with Crippen LogP contribution in [-0.2, 0) is 4.74 Å². The Morgan fingerprint density at radius 1 is 1.52 bits per heavy atom. The maximum Gasteiger partial charge on any atom is 0.328 e. The number of aromatic nitrogens is 4. The Morgan fingerprint density at radius 2 is 2.26 bits per heavy atom. The van der Waals surface area contributed by atoms with Gasteiger partial charge in [0.2, 0.25) is 0 Å². The second-order valence-electron chi connectivity index (χ2n) is 5.18. The number of nitrogens with zero attached hydrogens (tertiary/aromatic N) is 4. The minimum atomic E-state index is -2.08. The number of aliphatic hydroxyl groups is 2. The van der Waals surface area contributed by atoms with Crippen LogP contribution in [0.2, 0.25) is 0 Å². The van der Waals surface area contributed by atoms with Crippen molar-refractivity contribution in [3.63, 3.8) is 0 Å². The van der Waals surface area contributed by atoms with Crippen LogP contribution >= 0.6 is 0 Å². The summed E-state index contributed by atoms with van der Waals surface area (Å²) in [5, 5.41) is 25.2. The number of rotatable bonds is 4. The van der Waals surface area contributed by atoms with Crippen molar-refractivity contribution in [1.82, 2.24) is 19.6 Å². The summed E-state index contributed by atoms with van der Waals surface area (Å²) < 4.78 is 47.2. The molecule has 0 aliphatic carbocycles. The Balaban J connectivity index is 2.09. The van der Waals surface area contributed by atoms with Gasteiger partial charge in [-0.3, -0.25) is 0 Å². The number of fused-ring (bicyclic) bond motifs is 1. The van der Waals surface area contributed by atoms with Crippen LogP contribution in [0, 0.1) is 6.08 Å². The lowest BCUT2D eigenvalue weighted by Gasteiger charge is -2.25. The Hall–Kier alpha value is -1.98. The van der Waals surface area contributed by atoms with E-state index in [1.54, 1.807) is 0 Å². The molecule has 3 rings (SSSR count). The molecule has 0 unspecified atom stereocenters. The number of anilines is 1. The van der Waals surface area contributed by atoms with Crippen molar-refractivity contribution in [2.45, 2.75) is 24.0 Å². The first-order valence-corrected chi connectivity index (χ1v) is 6.73. The highest BCUT2D eigenvalue weighted by atomic mass is 19.1. The molecule has 2 aromatic heterocycles. The van der Waals surface area contributed by atoms with Gasteiger partial charge in [-0.05, 0) is 0 Å². The van der Waals surface area contributed by atoms with Crippen LogP contribution < -0.4 is 5.32 Å². The molecule has 0 aromatic carbocycles. The van der Waals surface area contributed by atoms with E-state index in [0.29, 0.717) is 0 Å². The molecule has 0 radical (unpaired) electrons. The molecule has 8 nitrogen and oxygen atoms in total. The molecule has 0 bridgehead atoms. The smallest absolute Gasteiger partial charge is 0.328 e. The summed E-state index contributed by atoms with van der Waals surface area (Å²) in [5.41, 5.74) is -2.00. The zero-order valence-electron chi connectivity index (χ0n) is 11.9. The van der Waals surface area contributed by atoms with E-state index in [9.17, 15) is 23.4 Å². The highest BCUT2D eigenvalue weighted by molar-refractivity contribution is 5.61. The Morgan fingerprint density at radius 3 is 2.83 bits per heavy atom.